The highest BCUT2D eigenvalue weighted by atomic mass is 32.2. The number of anilines is 1. The molecule has 0 aromatic heterocycles. The van der Waals surface area contributed by atoms with E-state index in [0.717, 1.165) is 11.6 Å². The van der Waals surface area contributed by atoms with Gasteiger partial charge < -0.3 is 10.2 Å². The average molecular weight is 307 g/mol. The molecule has 6 nitrogen and oxygen atoms in total. The van der Waals surface area contributed by atoms with Crippen LogP contribution in [0.25, 0.3) is 0 Å². The van der Waals surface area contributed by atoms with Gasteiger partial charge in [-0.15, -0.1) is 0 Å². The molecule has 0 aliphatic heterocycles. The zero-order chi connectivity index (χ0) is 15.6. The Hall–Kier alpha value is -2.54. The maximum absolute atomic E-state index is 12.2. The van der Waals surface area contributed by atoms with E-state index in [1.54, 1.807) is 19.1 Å². The van der Waals surface area contributed by atoms with Gasteiger partial charge in [0.2, 0.25) is 0 Å². The van der Waals surface area contributed by atoms with E-state index in [1.807, 2.05) is 0 Å². The van der Waals surface area contributed by atoms with E-state index in [4.69, 9.17) is 5.11 Å². The van der Waals surface area contributed by atoms with Crippen molar-refractivity contribution >= 4 is 21.7 Å². The number of sulfonamides is 1. The second-order valence-electron chi connectivity index (χ2n) is 4.46. The number of aromatic hydroxyl groups is 1. The van der Waals surface area contributed by atoms with Crippen molar-refractivity contribution in [1.29, 1.82) is 0 Å². The van der Waals surface area contributed by atoms with E-state index < -0.39 is 16.0 Å². The summed E-state index contributed by atoms with van der Waals surface area (Å²) in [4.78, 5) is 11.1. The Kier molecular flexibility index (Phi) is 3.86. The van der Waals surface area contributed by atoms with Crippen LogP contribution in [-0.2, 0) is 10.0 Å². The molecule has 0 aliphatic rings. The fourth-order valence-electron chi connectivity index (χ4n) is 1.78. The molecule has 0 radical (unpaired) electrons. The van der Waals surface area contributed by atoms with Crippen LogP contribution in [0.5, 0.6) is 5.75 Å². The molecule has 0 bridgehead atoms. The number of aromatic carboxylic acids is 1. The van der Waals surface area contributed by atoms with E-state index in [2.05, 4.69) is 4.72 Å². The van der Waals surface area contributed by atoms with Crippen molar-refractivity contribution in [2.75, 3.05) is 4.72 Å². The number of hydrogen-bond donors (Lipinski definition) is 3. The molecule has 110 valence electrons. The lowest BCUT2D eigenvalue weighted by Gasteiger charge is -2.11. The molecule has 0 heterocycles. The largest absolute Gasteiger partial charge is 0.508 e. The molecule has 21 heavy (non-hydrogen) atoms. The van der Waals surface area contributed by atoms with E-state index in [1.165, 1.54) is 24.3 Å². The Bertz CT molecular complexity index is 799. The first kappa shape index (κ1) is 14.9. The molecule has 0 aliphatic carbocycles. The standard InChI is InChI=1S/C14H13NO5S/c1-9-3-2-4-11(7-9)21(19,20)15-13-6-5-10(16)8-12(13)14(17)18/h2-8,15-16H,1H3,(H,17,18). The van der Waals surface area contributed by atoms with Crippen molar-refractivity contribution in [2.24, 2.45) is 0 Å². The summed E-state index contributed by atoms with van der Waals surface area (Å²) in [5, 5.41) is 18.4. The fourth-order valence-corrected chi connectivity index (χ4v) is 2.97. The van der Waals surface area contributed by atoms with Gasteiger partial charge in [-0.25, -0.2) is 13.2 Å². The van der Waals surface area contributed by atoms with Crippen LogP contribution in [-0.4, -0.2) is 24.6 Å². The quantitative estimate of drug-likeness (QED) is 0.751. The lowest BCUT2D eigenvalue weighted by Crippen LogP contribution is -2.15. The second kappa shape index (κ2) is 5.45. The molecule has 0 amide bonds. The van der Waals surface area contributed by atoms with E-state index >= 15 is 0 Å². The molecule has 7 heteroatoms. The van der Waals surface area contributed by atoms with Gasteiger partial charge in [0.05, 0.1) is 16.1 Å². The topological polar surface area (TPSA) is 104 Å². The van der Waals surface area contributed by atoms with Gasteiger partial charge in [-0.2, -0.15) is 0 Å². The first-order valence-electron chi connectivity index (χ1n) is 5.95. The van der Waals surface area contributed by atoms with Gasteiger partial charge in [0.1, 0.15) is 5.75 Å². The third kappa shape index (κ3) is 3.32. The monoisotopic (exact) mass is 307 g/mol. The van der Waals surface area contributed by atoms with Gasteiger partial charge in [-0.05, 0) is 42.8 Å². The lowest BCUT2D eigenvalue weighted by molar-refractivity contribution is 0.0697. The number of rotatable bonds is 4. The van der Waals surface area contributed by atoms with Crippen molar-refractivity contribution in [2.45, 2.75) is 11.8 Å². The number of carboxylic acid groups (broad SMARTS) is 1. The zero-order valence-electron chi connectivity index (χ0n) is 11.1. The molecule has 0 fully saturated rings. The van der Waals surface area contributed by atoms with Crippen molar-refractivity contribution in [3.63, 3.8) is 0 Å². The molecule has 0 unspecified atom stereocenters. The van der Waals surface area contributed by atoms with Crippen molar-refractivity contribution in [3.05, 3.63) is 53.6 Å². The van der Waals surface area contributed by atoms with Crippen LogP contribution in [0.2, 0.25) is 0 Å². The predicted octanol–water partition coefficient (Wildman–Crippen LogP) is 2.20. The summed E-state index contributed by atoms with van der Waals surface area (Å²) < 4.78 is 26.7. The Morgan fingerprint density at radius 2 is 1.86 bits per heavy atom. The minimum atomic E-state index is -3.90. The molecular weight excluding hydrogens is 294 g/mol. The summed E-state index contributed by atoms with van der Waals surface area (Å²) in [6, 6.07) is 9.63. The number of carboxylic acids is 1. The highest BCUT2D eigenvalue weighted by Crippen LogP contribution is 2.24. The maximum Gasteiger partial charge on any atom is 0.337 e. The van der Waals surface area contributed by atoms with Crippen molar-refractivity contribution in [1.82, 2.24) is 0 Å². The summed E-state index contributed by atoms with van der Waals surface area (Å²) in [5.74, 6) is -1.60. The second-order valence-corrected chi connectivity index (χ2v) is 6.14. The molecule has 3 N–H and O–H groups in total. The van der Waals surface area contributed by atoms with Crippen molar-refractivity contribution in [3.8, 4) is 5.75 Å². The van der Waals surface area contributed by atoms with Gasteiger partial charge in [0.25, 0.3) is 10.0 Å². The Balaban J connectivity index is 2.44. The summed E-state index contributed by atoms with van der Waals surface area (Å²) in [6.07, 6.45) is 0. The van der Waals surface area contributed by atoms with Crippen LogP contribution in [0.1, 0.15) is 15.9 Å². The third-order valence-electron chi connectivity index (χ3n) is 2.78. The maximum atomic E-state index is 12.2. The summed E-state index contributed by atoms with van der Waals surface area (Å²) in [7, 11) is -3.90. The Morgan fingerprint density at radius 1 is 1.14 bits per heavy atom. The van der Waals surface area contributed by atoms with Gasteiger partial charge in [0, 0.05) is 0 Å². The summed E-state index contributed by atoms with van der Waals surface area (Å²) in [6.45, 7) is 1.75. The molecular formula is C14H13NO5S. The van der Waals surface area contributed by atoms with Gasteiger partial charge in [-0.1, -0.05) is 12.1 Å². The highest BCUT2D eigenvalue weighted by Gasteiger charge is 2.19. The lowest BCUT2D eigenvalue weighted by atomic mass is 10.2. The third-order valence-corrected chi connectivity index (χ3v) is 4.14. The van der Waals surface area contributed by atoms with Crippen LogP contribution < -0.4 is 4.72 Å². The van der Waals surface area contributed by atoms with E-state index in [0.29, 0.717) is 0 Å². The van der Waals surface area contributed by atoms with Crippen LogP contribution >= 0.6 is 0 Å². The number of phenolic OH excluding ortho intramolecular Hbond substituents is 1. The smallest absolute Gasteiger partial charge is 0.337 e. The minimum Gasteiger partial charge on any atom is -0.508 e. The van der Waals surface area contributed by atoms with Crippen LogP contribution in [0, 0.1) is 6.92 Å². The number of hydrogen-bond acceptors (Lipinski definition) is 4. The minimum absolute atomic E-state index is 0.0342. The van der Waals surface area contributed by atoms with Gasteiger partial charge in [0.15, 0.2) is 0 Å². The van der Waals surface area contributed by atoms with Gasteiger partial charge in [-0.3, -0.25) is 4.72 Å². The number of benzene rings is 2. The summed E-state index contributed by atoms with van der Waals surface area (Å²) >= 11 is 0. The van der Waals surface area contributed by atoms with Crippen LogP contribution in [0.3, 0.4) is 0 Å². The molecule has 2 aromatic carbocycles. The van der Waals surface area contributed by atoms with E-state index in [9.17, 15) is 18.3 Å². The number of phenols is 1. The fraction of sp³-hybridized carbons (Fsp3) is 0.0714. The van der Waals surface area contributed by atoms with Crippen molar-refractivity contribution < 1.29 is 23.4 Å². The Labute approximate surface area is 121 Å². The SMILES string of the molecule is Cc1cccc(S(=O)(=O)Nc2ccc(O)cc2C(=O)O)c1. The number of aryl methyl sites for hydroxylation is 1. The molecule has 0 atom stereocenters. The normalized spacial score (nSPS) is 11.1. The highest BCUT2D eigenvalue weighted by molar-refractivity contribution is 7.92. The molecule has 0 spiro atoms. The van der Waals surface area contributed by atoms with Crippen LogP contribution in [0.15, 0.2) is 47.4 Å². The summed E-state index contributed by atoms with van der Waals surface area (Å²) in [5.41, 5.74) is 0.329. The number of nitrogens with one attached hydrogen (secondary N) is 1. The number of carbonyl (C=O) groups is 1. The molecule has 0 saturated heterocycles. The molecule has 2 rings (SSSR count). The molecule has 0 saturated carbocycles. The first-order valence-corrected chi connectivity index (χ1v) is 7.44. The van der Waals surface area contributed by atoms with E-state index in [-0.39, 0.29) is 21.9 Å². The Morgan fingerprint density at radius 3 is 2.48 bits per heavy atom. The average Bonchev–Trinajstić information content (AvgIpc) is 2.40. The van der Waals surface area contributed by atoms with Gasteiger partial charge >= 0.3 is 5.97 Å². The van der Waals surface area contributed by atoms with Crippen LogP contribution in [0.4, 0.5) is 5.69 Å². The first-order chi connectivity index (χ1) is 9.79. The predicted molar refractivity (Wildman–Crippen MR) is 77.1 cm³/mol. The zero-order valence-corrected chi connectivity index (χ0v) is 11.9. The molecule has 2 aromatic rings.